The molecule has 1 heterocycles. The second kappa shape index (κ2) is 5.70. The van der Waals surface area contributed by atoms with E-state index in [1.807, 2.05) is 0 Å². The lowest BCUT2D eigenvalue weighted by Gasteiger charge is -2.14. The van der Waals surface area contributed by atoms with Crippen LogP contribution in [0.1, 0.15) is 32.6 Å². The second-order valence-electron chi connectivity index (χ2n) is 3.71. The highest BCUT2D eigenvalue weighted by atomic mass is 16.5. The van der Waals surface area contributed by atoms with Crippen LogP contribution in [-0.2, 0) is 14.3 Å². The van der Waals surface area contributed by atoms with Gasteiger partial charge in [-0.25, -0.2) is 4.79 Å². The van der Waals surface area contributed by atoms with Gasteiger partial charge < -0.3 is 15.2 Å². The van der Waals surface area contributed by atoms with Crippen LogP contribution in [0.15, 0.2) is 0 Å². The topological polar surface area (TPSA) is 75.6 Å². The molecule has 0 spiro atoms. The Morgan fingerprint density at radius 1 is 1.60 bits per heavy atom. The average molecular weight is 215 g/mol. The van der Waals surface area contributed by atoms with Crippen LogP contribution in [0.25, 0.3) is 0 Å². The number of nitrogens with one attached hydrogen (secondary N) is 1. The van der Waals surface area contributed by atoms with Gasteiger partial charge in [0.2, 0.25) is 5.91 Å². The van der Waals surface area contributed by atoms with Crippen LogP contribution in [-0.4, -0.2) is 35.7 Å². The van der Waals surface area contributed by atoms with Crippen molar-refractivity contribution in [2.24, 2.45) is 0 Å². The number of carboxylic acid groups (broad SMARTS) is 1. The minimum Gasteiger partial charge on any atom is -0.480 e. The highest BCUT2D eigenvalue weighted by Crippen LogP contribution is 2.15. The molecule has 1 fully saturated rings. The van der Waals surface area contributed by atoms with E-state index in [0.717, 1.165) is 12.8 Å². The summed E-state index contributed by atoms with van der Waals surface area (Å²) in [6.07, 6.45) is 2.50. The molecule has 0 aromatic heterocycles. The van der Waals surface area contributed by atoms with E-state index in [9.17, 15) is 9.59 Å². The molecule has 0 radical (unpaired) electrons. The van der Waals surface area contributed by atoms with E-state index in [2.05, 4.69) is 5.32 Å². The predicted octanol–water partition coefficient (Wildman–Crippen LogP) is 0.535. The van der Waals surface area contributed by atoms with Gasteiger partial charge in [-0.2, -0.15) is 0 Å². The smallest absolute Gasteiger partial charge is 0.326 e. The standard InChI is InChI=1S/C10H17NO4/c1-2-8(10(13)14)11-9(12)6-7-4-3-5-15-7/h7-8H,2-6H2,1H3,(H,11,12)(H,13,14)/t7?,8-/m1/s1. The van der Waals surface area contributed by atoms with Gasteiger partial charge in [0.05, 0.1) is 12.5 Å². The number of carboxylic acids is 1. The summed E-state index contributed by atoms with van der Waals surface area (Å²) in [5, 5.41) is 11.2. The van der Waals surface area contributed by atoms with Crippen LogP contribution in [0.2, 0.25) is 0 Å². The van der Waals surface area contributed by atoms with E-state index in [1.54, 1.807) is 6.92 Å². The molecule has 0 aromatic rings. The molecular weight excluding hydrogens is 198 g/mol. The lowest BCUT2D eigenvalue weighted by molar-refractivity contribution is -0.142. The molecule has 1 aliphatic heterocycles. The van der Waals surface area contributed by atoms with Gasteiger partial charge in [0, 0.05) is 6.61 Å². The molecule has 1 aliphatic rings. The van der Waals surface area contributed by atoms with Crippen molar-refractivity contribution in [2.45, 2.75) is 44.8 Å². The van der Waals surface area contributed by atoms with Crippen molar-refractivity contribution in [3.05, 3.63) is 0 Å². The van der Waals surface area contributed by atoms with Gasteiger partial charge in [0.25, 0.3) is 0 Å². The van der Waals surface area contributed by atoms with E-state index >= 15 is 0 Å². The molecule has 5 nitrogen and oxygen atoms in total. The molecule has 86 valence electrons. The van der Waals surface area contributed by atoms with E-state index in [0.29, 0.717) is 13.0 Å². The van der Waals surface area contributed by atoms with Gasteiger partial charge in [-0.1, -0.05) is 6.92 Å². The fourth-order valence-corrected chi connectivity index (χ4v) is 1.60. The molecule has 1 saturated heterocycles. The van der Waals surface area contributed by atoms with Crippen molar-refractivity contribution in [1.82, 2.24) is 5.32 Å². The predicted molar refractivity (Wildman–Crippen MR) is 53.4 cm³/mol. The van der Waals surface area contributed by atoms with Crippen molar-refractivity contribution in [1.29, 1.82) is 0 Å². The quantitative estimate of drug-likeness (QED) is 0.701. The van der Waals surface area contributed by atoms with Gasteiger partial charge in [-0.3, -0.25) is 4.79 Å². The first-order chi connectivity index (χ1) is 7.13. The Morgan fingerprint density at radius 2 is 2.33 bits per heavy atom. The average Bonchev–Trinajstić information content (AvgIpc) is 2.66. The van der Waals surface area contributed by atoms with Crippen molar-refractivity contribution in [3.63, 3.8) is 0 Å². The number of hydrogen-bond acceptors (Lipinski definition) is 3. The monoisotopic (exact) mass is 215 g/mol. The summed E-state index contributed by atoms with van der Waals surface area (Å²) in [7, 11) is 0. The summed E-state index contributed by atoms with van der Waals surface area (Å²) < 4.78 is 5.29. The summed E-state index contributed by atoms with van der Waals surface area (Å²) >= 11 is 0. The lowest BCUT2D eigenvalue weighted by atomic mass is 10.1. The Morgan fingerprint density at radius 3 is 2.80 bits per heavy atom. The Labute approximate surface area is 88.8 Å². The molecule has 0 bridgehead atoms. The zero-order chi connectivity index (χ0) is 11.3. The summed E-state index contributed by atoms with van der Waals surface area (Å²) in [4.78, 5) is 22.1. The summed E-state index contributed by atoms with van der Waals surface area (Å²) in [5.41, 5.74) is 0. The molecule has 0 saturated carbocycles. The van der Waals surface area contributed by atoms with Crippen molar-refractivity contribution in [3.8, 4) is 0 Å². The number of hydrogen-bond donors (Lipinski definition) is 2. The molecule has 1 rings (SSSR count). The number of ether oxygens (including phenoxy) is 1. The maximum absolute atomic E-state index is 11.4. The first-order valence-electron chi connectivity index (χ1n) is 5.27. The molecule has 0 aliphatic carbocycles. The number of carbonyl (C=O) groups is 2. The van der Waals surface area contributed by atoms with E-state index in [4.69, 9.17) is 9.84 Å². The fourth-order valence-electron chi connectivity index (χ4n) is 1.60. The summed E-state index contributed by atoms with van der Waals surface area (Å²) in [5.74, 6) is -1.23. The van der Waals surface area contributed by atoms with E-state index in [1.165, 1.54) is 0 Å². The third-order valence-corrected chi connectivity index (χ3v) is 2.48. The van der Waals surface area contributed by atoms with Gasteiger partial charge in [-0.15, -0.1) is 0 Å². The molecule has 15 heavy (non-hydrogen) atoms. The normalized spacial score (nSPS) is 22.3. The Hall–Kier alpha value is -1.10. The van der Waals surface area contributed by atoms with Crippen molar-refractivity contribution >= 4 is 11.9 Å². The molecule has 0 aromatic carbocycles. The third-order valence-electron chi connectivity index (χ3n) is 2.48. The Bertz CT molecular complexity index is 236. The second-order valence-corrected chi connectivity index (χ2v) is 3.71. The van der Waals surface area contributed by atoms with Crippen LogP contribution in [0.3, 0.4) is 0 Å². The summed E-state index contributed by atoms with van der Waals surface area (Å²) in [6, 6.07) is -0.779. The molecular formula is C10H17NO4. The lowest BCUT2D eigenvalue weighted by Crippen LogP contribution is -2.41. The van der Waals surface area contributed by atoms with Gasteiger partial charge in [0.1, 0.15) is 6.04 Å². The largest absolute Gasteiger partial charge is 0.480 e. The van der Waals surface area contributed by atoms with Gasteiger partial charge >= 0.3 is 5.97 Å². The molecule has 2 atom stereocenters. The zero-order valence-corrected chi connectivity index (χ0v) is 8.86. The van der Waals surface area contributed by atoms with E-state index < -0.39 is 12.0 Å². The molecule has 5 heteroatoms. The Kier molecular flexibility index (Phi) is 4.55. The molecule has 2 N–H and O–H groups in total. The first-order valence-corrected chi connectivity index (χ1v) is 5.27. The molecule has 1 unspecified atom stereocenters. The van der Waals surface area contributed by atoms with E-state index in [-0.39, 0.29) is 18.4 Å². The number of rotatable bonds is 5. The SMILES string of the molecule is CC[C@@H](NC(=O)CC1CCCO1)C(=O)O. The third kappa shape index (κ3) is 3.87. The minimum absolute atomic E-state index is 0.0312. The molecule has 1 amide bonds. The van der Waals surface area contributed by atoms with Crippen LogP contribution < -0.4 is 5.32 Å². The first kappa shape index (κ1) is 12.0. The van der Waals surface area contributed by atoms with Crippen LogP contribution in [0, 0.1) is 0 Å². The van der Waals surface area contributed by atoms with Gasteiger partial charge in [0.15, 0.2) is 0 Å². The summed E-state index contributed by atoms with van der Waals surface area (Å²) in [6.45, 7) is 2.43. The maximum Gasteiger partial charge on any atom is 0.326 e. The minimum atomic E-state index is -0.988. The van der Waals surface area contributed by atoms with Gasteiger partial charge in [-0.05, 0) is 19.3 Å². The number of amides is 1. The highest BCUT2D eigenvalue weighted by molar-refractivity contribution is 5.83. The van der Waals surface area contributed by atoms with Crippen LogP contribution in [0.4, 0.5) is 0 Å². The van der Waals surface area contributed by atoms with Crippen molar-refractivity contribution < 1.29 is 19.4 Å². The van der Waals surface area contributed by atoms with Crippen molar-refractivity contribution in [2.75, 3.05) is 6.61 Å². The van der Waals surface area contributed by atoms with Crippen LogP contribution >= 0.6 is 0 Å². The maximum atomic E-state index is 11.4. The highest BCUT2D eigenvalue weighted by Gasteiger charge is 2.22. The number of aliphatic carboxylic acids is 1. The fraction of sp³-hybridized carbons (Fsp3) is 0.800. The zero-order valence-electron chi connectivity index (χ0n) is 8.86. The Balaban J connectivity index is 2.30. The van der Waals surface area contributed by atoms with Crippen LogP contribution in [0.5, 0.6) is 0 Å². The number of carbonyl (C=O) groups excluding carboxylic acids is 1.